The first kappa shape index (κ1) is 16.5. The number of nitrogens with zero attached hydrogens (tertiary/aromatic N) is 1. The number of halogens is 2. The number of nitrogens with two attached hydrogens (primary N) is 1. The topological polar surface area (TPSA) is 59.5 Å². The predicted octanol–water partition coefficient (Wildman–Crippen LogP) is 2.93. The molecule has 3 rings (SSSR count). The number of hydrogen-bond donors (Lipinski definition) is 1. The summed E-state index contributed by atoms with van der Waals surface area (Å²) in [5.41, 5.74) is 5.99. The number of rotatable bonds is 3. The van der Waals surface area contributed by atoms with E-state index in [4.69, 9.17) is 10.2 Å². The fraction of sp³-hybridized carbons (Fsp3) is 0.312. The molecule has 0 saturated carbocycles. The summed E-state index contributed by atoms with van der Waals surface area (Å²) in [6.45, 7) is 1.93. The largest absolute Gasteiger partial charge is 0.451 e. The predicted molar refractivity (Wildman–Crippen MR) is 84.4 cm³/mol. The minimum atomic E-state index is -0.366. The quantitative estimate of drug-likeness (QED) is 0.944. The number of furan rings is 1. The highest BCUT2D eigenvalue weighted by atomic mass is 35.5. The van der Waals surface area contributed by atoms with Gasteiger partial charge in [0.25, 0.3) is 5.91 Å². The highest BCUT2D eigenvalue weighted by Gasteiger charge is 2.27. The average molecular weight is 325 g/mol. The van der Waals surface area contributed by atoms with Crippen molar-refractivity contribution in [1.29, 1.82) is 0 Å². The zero-order valence-corrected chi connectivity index (χ0v) is 12.8. The van der Waals surface area contributed by atoms with E-state index in [1.807, 2.05) is 0 Å². The molecule has 4 nitrogen and oxygen atoms in total. The van der Waals surface area contributed by atoms with Crippen molar-refractivity contribution >= 4 is 18.3 Å². The molecule has 118 valence electrons. The lowest BCUT2D eigenvalue weighted by Crippen LogP contribution is -2.29. The average Bonchev–Trinajstić information content (AvgIpc) is 3.16. The van der Waals surface area contributed by atoms with Crippen molar-refractivity contribution < 1.29 is 13.6 Å². The first-order valence-electron chi connectivity index (χ1n) is 7.03. The van der Waals surface area contributed by atoms with Gasteiger partial charge in [0, 0.05) is 13.1 Å². The molecule has 0 bridgehead atoms. The third-order valence-corrected chi connectivity index (χ3v) is 3.86. The van der Waals surface area contributed by atoms with E-state index < -0.39 is 0 Å². The van der Waals surface area contributed by atoms with Gasteiger partial charge in [-0.2, -0.15) is 0 Å². The van der Waals surface area contributed by atoms with Gasteiger partial charge >= 0.3 is 0 Å². The van der Waals surface area contributed by atoms with Crippen molar-refractivity contribution in [3.63, 3.8) is 0 Å². The van der Waals surface area contributed by atoms with Crippen molar-refractivity contribution in [3.8, 4) is 11.3 Å². The van der Waals surface area contributed by atoms with Crippen molar-refractivity contribution in [3.05, 3.63) is 48.0 Å². The number of hydrogen-bond acceptors (Lipinski definition) is 3. The zero-order valence-electron chi connectivity index (χ0n) is 12.0. The van der Waals surface area contributed by atoms with E-state index in [0.717, 1.165) is 6.42 Å². The molecule has 0 spiro atoms. The second-order valence-electron chi connectivity index (χ2n) is 5.29. The Bertz CT molecular complexity index is 659. The van der Waals surface area contributed by atoms with Crippen molar-refractivity contribution in [2.24, 2.45) is 11.7 Å². The van der Waals surface area contributed by atoms with Crippen LogP contribution in [0.25, 0.3) is 11.3 Å². The summed E-state index contributed by atoms with van der Waals surface area (Å²) in [6, 6.07) is 9.57. The molecule has 1 aromatic carbocycles. The molecular weight excluding hydrogens is 307 g/mol. The maximum atomic E-state index is 13.7. The van der Waals surface area contributed by atoms with Crippen LogP contribution in [0.3, 0.4) is 0 Å². The Morgan fingerprint density at radius 3 is 2.77 bits per heavy atom. The Balaban J connectivity index is 0.00000176. The number of amides is 1. The van der Waals surface area contributed by atoms with Gasteiger partial charge in [0.2, 0.25) is 0 Å². The van der Waals surface area contributed by atoms with Crippen LogP contribution in [-0.2, 0) is 0 Å². The van der Waals surface area contributed by atoms with Crippen LogP contribution >= 0.6 is 12.4 Å². The molecule has 22 heavy (non-hydrogen) atoms. The molecule has 2 aromatic rings. The normalized spacial score (nSPS) is 17.4. The molecule has 2 heterocycles. The highest BCUT2D eigenvalue weighted by Crippen LogP contribution is 2.26. The number of likely N-dealkylation sites (tertiary alicyclic amines) is 1. The van der Waals surface area contributed by atoms with Gasteiger partial charge in [-0.15, -0.1) is 12.4 Å². The molecule has 1 fully saturated rings. The van der Waals surface area contributed by atoms with Gasteiger partial charge in [0.1, 0.15) is 11.6 Å². The lowest BCUT2D eigenvalue weighted by molar-refractivity contribution is 0.0757. The monoisotopic (exact) mass is 324 g/mol. The van der Waals surface area contributed by atoms with E-state index in [2.05, 4.69) is 0 Å². The zero-order chi connectivity index (χ0) is 14.8. The molecule has 0 radical (unpaired) electrons. The van der Waals surface area contributed by atoms with Gasteiger partial charge in [-0.25, -0.2) is 4.39 Å². The Morgan fingerprint density at radius 2 is 2.09 bits per heavy atom. The van der Waals surface area contributed by atoms with Crippen LogP contribution in [0, 0.1) is 11.7 Å². The van der Waals surface area contributed by atoms with Crippen LogP contribution in [-0.4, -0.2) is 30.4 Å². The summed E-state index contributed by atoms with van der Waals surface area (Å²) in [4.78, 5) is 14.1. The van der Waals surface area contributed by atoms with Crippen LogP contribution in [0.15, 0.2) is 40.8 Å². The molecule has 1 aromatic heterocycles. The molecule has 0 aliphatic carbocycles. The van der Waals surface area contributed by atoms with E-state index in [1.165, 1.54) is 6.07 Å². The van der Waals surface area contributed by atoms with Crippen molar-refractivity contribution in [2.45, 2.75) is 6.42 Å². The first-order chi connectivity index (χ1) is 10.2. The molecule has 1 saturated heterocycles. The molecular formula is C16H18ClFN2O2. The fourth-order valence-corrected chi connectivity index (χ4v) is 2.62. The maximum absolute atomic E-state index is 13.7. The van der Waals surface area contributed by atoms with Crippen molar-refractivity contribution in [1.82, 2.24) is 4.90 Å². The van der Waals surface area contributed by atoms with Crippen molar-refractivity contribution in [2.75, 3.05) is 19.6 Å². The minimum absolute atomic E-state index is 0. The van der Waals surface area contributed by atoms with Crippen LogP contribution < -0.4 is 5.73 Å². The molecule has 1 unspecified atom stereocenters. The molecule has 1 aliphatic rings. The fourth-order valence-electron chi connectivity index (χ4n) is 2.62. The standard InChI is InChI=1S/C16H17FN2O2.ClH/c17-13-4-2-1-3-12(13)14-5-6-15(21-14)16(20)19-8-7-11(9-18)10-19;/h1-6,11H,7-10,18H2;1H. The van der Waals surface area contributed by atoms with E-state index in [9.17, 15) is 9.18 Å². The molecule has 2 N–H and O–H groups in total. The minimum Gasteiger partial charge on any atom is -0.451 e. The number of benzene rings is 1. The second kappa shape index (κ2) is 6.94. The Kier molecular flexibility index (Phi) is 5.21. The summed E-state index contributed by atoms with van der Waals surface area (Å²) >= 11 is 0. The Hall–Kier alpha value is -1.85. The molecule has 1 atom stereocenters. The Labute approximate surface area is 134 Å². The van der Waals surface area contributed by atoms with E-state index in [-0.39, 0.29) is 29.9 Å². The third-order valence-electron chi connectivity index (χ3n) is 3.86. The van der Waals surface area contributed by atoms with Gasteiger partial charge in [-0.3, -0.25) is 4.79 Å². The van der Waals surface area contributed by atoms with E-state index in [1.54, 1.807) is 35.2 Å². The lowest BCUT2D eigenvalue weighted by atomic mass is 10.1. The molecule has 1 amide bonds. The molecule has 1 aliphatic heterocycles. The van der Waals surface area contributed by atoms with Gasteiger partial charge in [0.15, 0.2) is 5.76 Å². The van der Waals surface area contributed by atoms with Crippen LogP contribution in [0.4, 0.5) is 4.39 Å². The summed E-state index contributed by atoms with van der Waals surface area (Å²) < 4.78 is 19.2. The third kappa shape index (κ3) is 3.15. The Morgan fingerprint density at radius 1 is 1.32 bits per heavy atom. The summed E-state index contributed by atoms with van der Waals surface area (Å²) in [5, 5.41) is 0. The smallest absolute Gasteiger partial charge is 0.289 e. The van der Waals surface area contributed by atoms with Gasteiger partial charge in [-0.05, 0) is 43.1 Å². The summed E-state index contributed by atoms with van der Waals surface area (Å²) in [6.07, 6.45) is 0.920. The van der Waals surface area contributed by atoms with Gasteiger partial charge in [0.05, 0.1) is 5.56 Å². The summed E-state index contributed by atoms with van der Waals surface area (Å²) in [5.74, 6) is 0.440. The first-order valence-corrected chi connectivity index (χ1v) is 7.03. The molecule has 6 heteroatoms. The summed E-state index contributed by atoms with van der Waals surface area (Å²) in [7, 11) is 0. The maximum Gasteiger partial charge on any atom is 0.289 e. The second-order valence-corrected chi connectivity index (χ2v) is 5.29. The van der Waals surface area contributed by atoms with Crippen LogP contribution in [0.5, 0.6) is 0 Å². The van der Waals surface area contributed by atoms with Gasteiger partial charge in [-0.1, -0.05) is 12.1 Å². The van der Waals surface area contributed by atoms with E-state index >= 15 is 0 Å². The highest BCUT2D eigenvalue weighted by molar-refractivity contribution is 5.92. The lowest BCUT2D eigenvalue weighted by Gasteiger charge is -2.14. The van der Waals surface area contributed by atoms with Gasteiger partial charge < -0.3 is 15.1 Å². The SMILES string of the molecule is Cl.NCC1CCN(C(=O)c2ccc(-c3ccccc3F)o2)C1. The van der Waals surface area contributed by atoms with Crippen LogP contribution in [0.1, 0.15) is 17.0 Å². The number of carbonyl (C=O) groups is 1. The number of carbonyl (C=O) groups excluding carboxylic acids is 1. The van der Waals surface area contributed by atoms with E-state index in [0.29, 0.717) is 36.9 Å². The van der Waals surface area contributed by atoms with Crippen LogP contribution in [0.2, 0.25) is 0 Å².